The topological polar surface area (TPSA) is 130 Å². The van der Waals surface area contributed by atoms with Crippen LogP contribution in [0.2, 0.25) is 0 Å². The number of rotatable bonds is 6. The summed E-state index contributed by atoms with van der Waals surface area (Å²) in [5.74, 6) is 0.373. The van der Waals surface area contributed by atoms with Crippen LogP contribution in [0.1, 0.15) is 34.2 Å². The molecule has 3 aromatic rings. The van der Waals surface area contributed by atoms with Crippen molar-refractivity contribution in [2.24, 2.45) is 0 Å². The van der Waals surface area contributed by atoms with Crippen LogP contribution in [0.4, 0.5) is 5.69 Å². The van der Waals surface area contributed by atoms with Crippen LogP contribution in [0, 0.1) is 24.0 Å². The van der Waals surface area contributed by atoms with Crippen LogP contribution in [-0.2, 0) is 16.4 Å². The smallest absolute Gasteiger partial charge is 0.270 e. The Morgan fingerprint density at radius 3 is 2.74 bits per heavy atom. The third-order valence-corrected chi connectivity index (χ3v) is 7.27. The maximum Gasteiger partial charge on any atom is 0.270 e. The van der Waals surface area contributed by atoms with E-state index in [-0.39, 0.29) is 41.4 Å². The number of nitro benzene ring substituents is 1. The fourth-order valence-corrected chi connectivity index (χ4v) is 5.79. The monoisotopic (exact) mass is 443 g/mol. The number of hydrogen-bond acceptors (Lipinski definition) is 7. The normalized spacial score (nSPS) is 17.7. The van der Waals surface area contributed by atoms with Crippen LogP contribution in [0.15, 0.2) is 36.7 Å². The van der Waals surface area contributed by atoms with Gasteiger partial charge in [0.25, 0.3) is 5.69 Å². The van der Waals surface area contributed by atoms with Gasteiger partial charge in [-0.3, -0.25) is 14.9 Å². The lowest BCUT2D eigenvalue weighted by atomic mass is 10.1. The Bertz CT molecular complexity index is 1290. The highest BCUT2D eigenvalue weighted by atomic mass is 32.2. The van der Waals surface area contributed by atoms with E-state index < -0.39 is 14.8 Å². The van der Waals surface area contributed by atoms with E-state index in [1.165, 1.54) is 23.1 Å². The second-order valence-corrected chi connectivity index (χ2v) is 9.94. The Hall–Kier alpha value is -3.34. The molecule has 0 amide bonds. The number of benzene rings is 1. The number of carbonyl (C=O) groups is 1. The Morgan fingerprint density at radius 2 is 2.06 bits per heavy atom. The number of hydrogen-bond donors (Lipinski definition) is 0. The highest BCUT2D eigenvalue weighted by Gasteiger charge is 2.31. The Kier molecular flexibility index (Phi) is 5.21. The summed E-state index contributed by atoms with van der Waals surface area (Å²) < 4.78 is 27.1. The third-order valence-electron chi connectivity index (χ3n) is 5.52. The molecule has 2 aromatic heterocycles. The van der Waals surface area contributed by atoms with Gasteiger partial charge in [-0.2, -0.15) is 5.10 Å². The summed E-state index contributed by atoms with van der Waals surface area (Å²) in [5, 5.41) is 15.2. The second kappa shape index (κ2) is 7.73. The van der Waals surface area contributed by atoms with E-state index in [9.17, 15) is 23.3 Å². The molecule has 4 rings (SSSR count). The Labute approximate surface area is 178 Å². The van der Waals surface area contributed by atoms with E-state index >= 15 is 0 Å². The quantitative estimate of drug-likeness (QED) is 0.325. The maximum absolute atomic E-state index is 12.9. The van der Waals surface area contributed by atoms with Gasteiger partial charge in [-0.25, -0.2) is 18.1 Å². The predicted octanol–water partition coefficient (Wildman–Crippen LogP) is 2.51. The van der Waals surface area contributed by atoms with E-state index in [1.54, 1.807) is 18.2 Å². The number of Topliss-reactive ketones (excluding diaryl/α,β-unsaturated/α-hetero) is 1. The molecule has 1 aromatic carbocycles. The molecule has 0 radical (unpaired) electrons. The molecule has 31 heavy (non-hydrogen) atoms. The van der Waals surface area contributed by atoms with Crippen molar-refractivity contribution in [3.63, 3.8) is 0 Å². The molecule has 0 saturated carbocycles. The summed E-state index contributed by atoms with van der Waals surface area (Å²) in [6.45, 7) is 3.64. The Morgan fingerprint density at radius 1 is 1.29 bits per heavy atom. The summed E-state index contributed by atoms with van der Waals surface area (Å²) >= 11 is 0. The van der Waals surface area contributed by atoms with Gasteiger partial charge in [0.15, 0.2) is 21.4 Å². The van der Waals surface area contributed by atoms with Crippen molar-refractivity contribution in [1.82, 2.24) is 19.3 Å². The van der Waals surface area contributed by atoms with Crippen molar-refractivity contribution in [3.05, 3.63) is 63.7 Å². The minimum atomic E-state index is -3.04. The number of carbonyl (C=O) groups excluding carboxylic acids is 1. The zero-order valence-corrected chi connectivity index (χ0v) is 17.9. The van der Waals surface area contributed by atoms with Crippen LogP contribution < -0.4 is 0 Å². The first-order valence-electron chi connectivity index (χ1n) is 9.71. The van der Waals surface area contributed by atoms with Crippen LogP contribution in [0.25, 0.3) is 11.4 Å². The van der Waals surface area contributed by atoms with Crippen LogP contribution in [0.3, 0.4) is 0 Å². The van der Waals surface area contributed by atoms with Crippen LogP contribution in [-0.4, -0.2) is 50.0 Å². The Balaban J connectivity index is 1.54. The number of nitro groups is 1. The van der Waals surface area contributed by atoms with Crippen molar-refractivity contribution in [3.8, 4) is 11.4 Å². The van der Waals surface area contributed by atoms with Gasteiger partial charge < -0.3 is 4.57 Å². The first-order valence-corrected chi connectivity index (χ1v) is 11.5. The fraction of sp³-hybridized carbons (Fsp3) is 0.350. The number of aryl methyl sites for hydroxylation is 1. The molecule has 1 aliphatic rings. The molecule has 0 N–H and O–H groups in total. The summed E-state index contributed by atoms with van der Waals surface area (Å²) in [6, 6.07) is 7.61. The molecule has 162 valence electrons. The van der Waals surface area contributed by atoms with Gasteiger partial charge in [0.1, 0.15) is 12.9 Å². The van der Waals surface area contributed by atoms with Crippen LogP contribution in [0.5, 0.6) is 0 Å². The fourth-order valence-electron chi connectivity index (χ4n) is 4.09. The van der Waals surface area contributed by atoms with E-state index in [2.05, 4.69) is 10.1 Å². The van der Waals surface area contributed by atoms with Crippen molar-refractivity contribution in [2.45, 2.75) is 32.9 Å². The second-order valence-electron chi connectivity index (χ2n) is 7.71. The third kappa shape index (κ3) is 4.13. The van der Waals surface area contributed by atoms with Gasteiger partial charge >= 0.3 is 0 Å². The molecular weight excluding hydrogens is 422 g/mol. The minimum Gasteiger partial charge on any atom is -0.344 e. The highest BCUT2D eigenvalue weighted by molar-refractivity contribution is 7.91. The summed E-state index contributed by atoms with van der Waals surface area (Å²) in [5.41, 5.74) is 2.53. The van der Waals surface area contributed by atoms with E-state index in [0.29, 0.717) is 17.5 Å². The zero-order valence-electron chi connectivity index (χ0n) is 17.1. The van der Waals surface area contributed by atoms with E-state index in [0.717, 1.165) is 11.4 Å². The maximum atomic E-state index is 12.9. The molecule has 1 unspecified atom stereocenters. The summed E-state index contributed by atoms with van der Waals surface area (Å²) in [4.78, 5) is 27.6. The van der Waals surface area contributed by atoms with Gasteiger partial charge in [-0.15, -0.1) is 0 Å². The first-order chi connectivity index (χ1) is 14.6. The van der Waals surface area contributed by atoms with Crippen molar-refractivity contribution in [1.29, 1.82) is 0 Å². The lowest BCUT2D eigenvalue weighted by molar-refractivity contribution is -0.384. The minimum absolute atomic E-state index is 0.0464. The molecule has 3 heterocycles. The van der Waals surface area contributed by atoms with E-state index in [1.807, 2.05) is 18.4 Å². The van der Waals surface area contributed by atoms with Crippen molar-refractivity contribution in [2.75, 3.05) is 11.5 Å². The molecule has 0 spiro atoms. The first kappa shape index (κ1) is 20.9. The van der Waals surface area contributed by atoms with E-state index in [4.69, 9.17) is 0 Å². The molecule has 0 bridgehead atoms. The lowest BCUT2D eigenvalue weighted by Crippen LogP contribution is -2.15. The molecule has 0 aliphatic carbocycles. The average Bonchev–Trinajstić information content (AvgIpc) is 3.39. The van der Waals surface area contributed by atoms with Gasteiger partial charge in [0.2, 0.25) is 0 Å². The standard InChI is InChI=1S/C20H21N5O5S/c1-13-8-18(14(2)24(13)17-6-7-31(29,30)11-17)19(26)10-23-12-21-20(22-23)15-4-3-5-16(9-15)25(27)28/h3-5,8-9,12,17H,6-7,10-11H2,1-2H3. The zero-order chi connectivity index (χ0) is 22.3. The predicted molar refractivity (Wildman–Crippen MR) is 113 cm³/mol. The average molecular weight is 443 g/mol. The van der Waals surface area contributed by atoms with Gasteiger partial charge in [-0.1, -0.05) is 12.1 Å². The molecular formula is C20H21N5O5S. The molecule has 10 nitrogen and oxygen atoms in total. The lowest BCUT2D eigenvalue weighted by Gasteiger charge is -2.16. The summed E-state index contributed by atoms with van der Waals surface area (Å²) in [6.07, 6.45) is 1.96. The van der Waals surface area contributed by atoms with Crippen molar-refractivity contribution >= 4 is 21.3 Å². The molecule has 1 fully saturated rings. The largest absolute Gasteiger partial charge is 0.344 e. The number of non-ortho nitro benzene ring substituents is 1. The molecule has 1 saturated heterocycles. The number of ketones is 1. The van der Waals surface area contributed by atoms with Gasteiger partial charge in [0.05, 0.1) is 16.4 Å². The van der Waals surface area contributed by atoms with Gasteiger partial charge in [-0.05, 0) is 26.3 Å². The number of sulfone groups is 1. The highest BCUT2D eigenvalue weighted by Crippen LogP contribution is 2.29. The molecule has 1 atom stereocenters. The number of nitrogens with zero attached hydrogens (tertiary/aromatic N) is 5. The van der Waals surface area contributed by atoms with Gasteiger partial charge in [0, 0.05) is 40.7 Å². The molecule has 11 heteroatoms. The van der Waals surface area contributed by atoms with Crippen LogP contribution >= 0.6 is 0 Å². The SMILES string of the molecule is Cc1cc(C(=O)Cn2cnc(-c3cccc([N+](=O)[O-])c3)n2)c(C)n1C1CCS(=O)(=O)C1. The molecule has 1 aliphatic heterocycles. The van der Waals surface area contributed by atoms with Crippen molar-refractivity contribution < 1.29 is 18.1 Å². The number of aromatic nitrogens is 4. The summed E-state index contributed by atoms with van der Waals surface area (Å²) in [7, 11) is -3.04.